The van der Waals surface area contributed by atoms with E-state index in [4.69, 9.17) is 4.74 Å². The fourth-order valence-corrected chi connectivity index (χ4v) is 6.70. The van der Waals surface area contributed by atoms with Crippen molar-refractivity contribution in [3.63, 3.8) is 0 Å². The summed E-state index contributed by atoms with van der Waals surface area (Å²) in [4.78, 5) is 35.1. The largest absolute Gasteiger partial charge is 0.497 e. The molecule has 0 bridgehead atoms. The molecule has 2 fully saturated rings. The Bertz CT molecular complexity index is 1110. The van der Waals surface area contributed by atoms with Crippen LogP contribution < -0.4 is 10.1 Å². The predicted molar refractivity (Wildman–Crippen MR) is 154 cm³/mol. The smallest absolute Gasteiger partial charge is 0.254 e. The molecule has 3 aliphatic rings. The van der Waals surface area contributed by atoms with Crippen LogP contribution in [0.3, 0.4) is 0 Å². The summed E-state index contributed by atoms with van der Waals surface area (Å²) in [5.41, 5.74) is 2.49. The Kier molecular flexibility index (Phi) is 9.20. The van der Waals surface area contributed by atoms with Crippen molar-refractivity contribution < 1.29 is 14.3 Å². The number of piperazine rings is 1. The second-order valence-corrected chi connectivity index (χ2v) is 11.2. The molecule has 2 amide bonds. The Hall–Kier alpha value is -2.90. The zero-order valence-corrected chi connectivity index (χ0v) is 23.6. The van der Waals surface area contributed by atoms with Crippen molar-refractivity contribution >= 4 is 11.8 Å². The summed E-state index contributed by atoms with van der Waals surface area (Å²) in [5, 5.41) is 3.27. The number of fused-ring (bicyclic) bond motifs is 1. The third kappa shape index (κ3) is 6.15. The van der Waals surface area contributed by atoms with Crippen LogP contribution in [0.15, 0.2) is 48.5 Å². The molecule has 2 aromatic carbocycles. The van der Waals surface area contributed by atoms with E-state index in [-0.39, 0.29) is 23.9 Å². The summed E-state index contributed by atoms with van der Waals surface area (Å²) in [6.45, 7) is 9.39. The Morgan fingerprint density at radius 1 is 0.949 bits per heavy atom. The topological polar surface area (TPSA) is 65.1 Å². The lowest BCUT2D eigenvalue weighted by molar-refractivity contribution is -0.124. The highest BCUT2D eigenvalue weighted by atomic mass is 16.5. The summed E-state index contributed by atoms with van der Waals surface area (Å²) in [6.07, 6.45) is 6.34. The number of ether oxygens (including phenoxy) is 1. The summed E-state index contributed by atoms with van der Waals surface area (Å²) < 4.78 is 5.41. The van der Waals surface area contributed by atoms with Gasteiger partial charge < -0.3 is 24.8 Å². The molecule has 5 rings (SSSR count). The number of nitrogens with one attached hydrogen (secondary N) is 1. The van der Waals surface area contributed by atoms with Crippen molar-refractivity contribution in [2.24, 2.45) is 0 Å². The van der Waals surface area contributed by atoms with E-state index in [1.807, 2.05) is 48.5 Å². The first-order valence-electron chi connectivity index (χ1n) is 14.9. The maximum absolute atomic E-state index is 14.0. The van der Waals surface area contributed by atoms with E-state index >= 15 is 0 Å². The number of likely N-dealkylation sites (N-methyl/N-ethyl adjacent to an activating group) is 1. The Morgan fingerprint density at radius 2 is 1.64 bits per heavy atom. The summed E-state index contributed by atoms with van der Waals surface area (Å²) >= 11 is 0. The minimum atomic E-state index is -0.456. The van der Waals surface area contributed by atoms with Gasteiger partial charge in [0.15, 0.2) is 0 Å². The lowest BCUT2D eigenvalue weighted by Crippen LogP contribution is -2.52. The number of rotatable bonds is 9. The molecule has 0 radical (unpaired) electrons. The van der Waals surface area contributed by atoms with Gasteiger partial charge in [-0.2, -0.15) is 0 Å². The molecule has 0 aromatic heterocycles. The van der Waals surface area contributed by atoms with Crippen LogP contribution in [0.5, 0.6) is 5.75 Å². The second kappa shape index (κ2) is 13.0. The fourth-order valence-electron chi connectivity index (χ4n) is 6.70. The quantitative estimate of drug-likeness (QED) is 0.484. The van der Waals surface area contributed by atoms with Gasteiger partial charge >= 0.3 is 0 Å². The monoisotopic (exact) mass is 532 g/mol. The lowest BCUT2D eigenvalue weighted by Gasteiger charge is -2.46. The van der Waals surface area contributed by atoms with Crippen LogP contribution in [0.25, 0.3) is 0 Å². The highest BCUT2D eigenvalue weighted by Crippen LogP contribution is 2.46. The standard InChI is InChI=1S/C32H44N4O3/c1-3-34-20-22-35(23-21-34)19-9-18-33-31(37)29-27-12-7-8-13-28(27)32(38)36(25-10-5-4-6-11-25)30(29)24-14-16-26(39-2)17-15-24/h7-8,12-17,25,29-30H,3-6,9-11,18-23H2,1-2H3,(H,33,37)/t29-,30+/m0/s1. The molecular formula is C32H44N4O3. The average molecular weight is 533 g/mol. The molecule has 1 aliphatic carbocycles. The molecule has 7 heteroatoms. The predicted octanol–water partition coefficient (Wildman–Crippen LogP) is 4.45. The van der Waals surface area contributed by atoms with Gasteiger partial charge in [-0.05, 0) is 61.7 Å². The SMILES string of the molecule is CCN1CCN(CCCNC(=O)[C@H]2c3ccccc3C(=O)N(C3CCCCC3)[C@@H]2c2ccc(OC)cc2)CC1. The number of amides is 2. The van der Waals surface area contributed by atoms with Crippen LogP contribution in [0.2, 0.25) is 0 Å². The van der Waals surface area contributed by atoms with Crippen LogP contribution in [-0.2, 0) is 4.79 Å². The van der Waals surface area contributed by atoms with E-state index in [0.717, 1.165) is 88.2 Å². The molecule has 2 atom stereocenters. The first-order chi connectivity index (χ1) is 19.1. The van der Waals surface area contributed by atoms with Crippen molar-refractivity contribution in [1.82, 2.24) is 20.0 Å². The van der Waals surface area contributed by atoms with Crippen LogP contribution in [0.1, 0.15) is 78.9 Å². The maximum atomic E-state index is 14.0. The molecule has 7 nitrogen and oxygen atoms in total. The third-order valence-electron chi connectivity index (χ3n) is 8.95. The number of carbonyl (C=O) groups excluding carboxylic acids is 2. The number of carbonyl (C=O) groups is 2. The van der Waals surface area contributed by atoms with E-state index in [9.17, 15) is 9.59 Å². The third-order valence-corrected chi connectivity index (χ3v) is 8.95. The minimum Gasteiger partial charge on any atom is -0.497 e. The number of nitrogens with zero attached hydrogens (tertiary/aromatic N) is 3. The van der Waals surface area contributed by atoms with Gasteiger partial charge in [0, 0.05) is 44.3 Å². The minimum absolute atomic E-state index is 0.00683. The molecule has 1 saturated carbocycles. The maximum Gasteiger partial charge on any atom is 0.254 e. The van der Waals surface area contributed by atoms with E-state index in [1.54, 1.807) is 7.11 Å². The first kappa shape index (κ1) is 27.7. The van der Waals surface area contributed by atoms with Gasteiger partial charge in [0.25, 0.3) is 5.91 Å². The molecule has 1 saturated heterocycles. The van der Waals surface area contributed by atoms with Crippen molar-refractivity contribution in [2.75, 3.05) is 52.9 Å². The van der Waals surface area contributed by atoms with Crippen molar-refractivity contribution in [3.8, 4) is 5.75 Å². The van der Waals surface area contributed by atoms with E-state index in [2.05, 4.69) is 26.9 Å². The molecule has 2 aromatic rings. The number of hydrogen-bond donors (Lipinski definition) is 1. The van der Waals surface area contributed by atoms with Gasteiger partial charge in [-0.25, -0.2) is 0 Å². The molecule has 2 aliphatic heterocycles. The molecule has 1 N–H and O–H groups in total. The average Bonchev–Trinajstić information content (AvgIpc) is 3.00. The zero-order valence-electron chi connectivity index (χ0n) is 23.6. The molecule has 210 valence electrons. The molecule has 2 heterocycles. The Labute approximate surface area is 233 Å². The molecule has 0 spiro atoms. The number of benzene rings is 2. The highest BCUT2D eigenvalue weighted by Gasteiger charge is 2.46. The van der Waals surface area contributed by atoms with E-state index < -0.39 is 5.92 Å². The zero-order chi connectivity index (χ0) is 27.2. The van der Waals surface area contributed by atoms with Gasteiger partial charge in [0.05, 0.1) is 19.1 Å². The summed E-state index contributed by atoms with van der Waals surface area (Å²) in [7, 11) is 1.66. The second-order valence-electron chi connectivity index (χ2n) is 11.2. The van der Waals surface area contributed by atoms with Gasteiger partial charge in [-0.3, -0.25) is 9.59 Å². The molecule has 39 heavy (non-hydrogen) atoms. The summed E-state index contributed by atoms with van der Waals surface area (Å²) in [6, 6.07) is 15.5. The fraction of sp³-hybridized carbons (Fsp3) is 0.562. The molecular weight excluding hydrogens is 488 g/mol. The van der Waals surface area contributed by atoms with Crippen molar-refractivity contribution in [2.45, 2.75) is 63.5 Å². The summed E-state index contributed by atoms with van der Waals surface area (Å²) in [5.74, 6) is 0.370. The Morgan fingerprint density at radius 3 is 2.33 bits per heavy atom. The lowest BCUT2D eigenvalue weighted by atomic mass is 9.77. The van der Waals surface area contributed by atoms with Gasteiger partial charge in [0.2, 0.25) is 5.91 Å². The number of methoxy groups -OCH3 is 1. The number of hydrogen-bond acceptors (Lipinski definition) is 5. The van der Waals surface area contributed by atoms with Crippen LogP contribution in [0.4, 0.5) is 0 Å². The first-order valence-corrected chi connectivity index (χ1v) is 14.9. The van der Waals surface area contributed by atoms with Gasteiger partial charge in [0.1, 0.15) is 5.75 Å². The Balaban J connectivity index is 1.38. The molecule has 0 unspecified atom stereocenters. The van der Waals surface area contributed by atoms with Crippen molar-refractivity contribution in [1.29, 1.82) is 0 Å². The van der Waals surface area contributed by atoms with Crippen LogP contribution >= 0.6 is 0 Å². The normalized spacial score (nSPS) is 22.9. The van der Waals surface area contributed by atoms with Crippen LogP contribution in [-0.4, -0.2) is 85.5 Å². The van der Waals surface area contributed by atoms with Gasteiger partial charge in [-0.15, -0.1) is 0 Å². The van der Waals surface area contributed by atoms with E-state index in [0.29, 0.717) is 12.1 Å². The van der Waals surface area contributed by atoms with E-state index in [1.165, 1.54) is 6.42 Å². The van der Waals surface area contributed by atoms with Crippen molar-refractivity contribution in [3.05, 3.63) is 65.2 Å². The van der Waals surface area contributed by atoms with Gasteiger partial charge in [-0.1, -0.05) is 56.5 Å². The van der Waals surface area contributed by atoms with Crippen LogP contribution in [0, 0.1) is 0 Å². The highest BCUT2D eigenvalue weighted by molar-refractivity contribution is 6.01.